The minimum absolute atomic E-state index is 0.00704. The van der Waals surface area contributed by atoms with Gasteiger partial charge in [-0.1, -0.05) is 24.2 Å². The molecular weight excluding hydrogens is 292 g/mol. The van der Waals surface area contributed by atoms with Crippen molar-refractivity contribution in [3.63, 3.8) is 0 Å². The highest BCUT2D eigenvalue weighted by Crippen LogP contribution is 2.37. The first kappa shape index (κ1) is 15.6. The lowest BCUT2D eigenvalue weighted by Gasteiger charge is -2.25. The van der Waals surface area contributed by atoms with Gasteiger partial charge in [-0.05, 0) is 31.9 Å². The molecule has 0 aliphatic carbocycles. The van der Waals surface area contributed by atoms with E-state index >= 15 is 0 Å². The molecule has 2 aromatic rings. The molecule has 0 unspecified atom stereocenters. The third-order valence-corrected chi connectivity index (χ3v) is 4.49. The van der Waals surface area contributed by atoms with Crippen LogP contribution in [0.25, 0.3) is 0 Å². The number of amides is 1. The van der Waals surface area contributed by atoms with Crippen LogP contribution in [0.2, 0.25) is 0 Å². The fourth-order valence-electron chi connectivity index (χ4n) is 3.39. The van der Waals surface area contributed by atoms with Gasteiger partial charge in [0, 0.05) is 18.5 Å². The van der Waals surface area contributed by atoms with Gasteiger partial charge in [-0.25, -0.2) is 0 Å². The molecule has 5 nitrogen and oxygen atoms in total. The quantitative estimate of drug-likeness (QED) is 0.866. The van der Waals surface area contributed by atoms with E-state index in [0.717, 1.165) is 42.8 Å². The van der Waals surface area contributed by atoms with Gasteiger partial charge in [-0.3, -0.25) is 4.79 Å². The Morgan fingerprint density at radius 3 is 2.96 bits per heavy atom. The fraction of sp³-hybridized carbons (Fsp3) is 0.444. The molecular formula is C18H22N2O3. The van der Waals surface area contributed by atoms with Crippen molar-refractivity contribution in [1.82, 2.24) is 10.1 Å². The summed E-state index contributed by atoms with van der Waals surface area (Å²) in [4.78, 5) is 15.0. The molecule has 3 rings (SSSR count). The Labute approximate surface area is 136 Å². The zero-order chi connectivity index (χ0) is 16.4. The van der Waals surface area contributed by atoms with Crippen LogP contribution in [-0.4, -0.2) is 29.6 Å². The highest BCUT2D eigenvalue weighted by Gasteiger charge is 2.35. The van der Waals surface area contributed by atoms with Gasteiger partial charge < -0.3 is 14.2 Å². The highest BCUT2D eigenvalue weighted by molar-refractivity contribution is 5.97. The lowest BCUT2D eigenvalue weighted by Crippen LogP contribution is -2.31. The first-order chi connectivity index (χ1) is 11.2. The second-order valence-electron chi connectivity index (χ2n) is 5.82. The van der Waals surface area contributed by atoms with Crippen LogP contribution in [0.5, 0.6) is 5.75 Å². The van der Waals surface area contributed by atoms with Crippen molar-refractivity contribution < 1.29 is 14.1 Å². The van der Waals surface area contributed by atoms with Crippen LogP contribution >= 0.6 is 0 Å². The second-order valence-corrected chi connectivity index (χ2v) is 5.82. The maximum Gasteiger partial charge on any atom is 0.258 e. The van der Waals surface area contributed by atoms with Gasteiger partial charge in [0.1, 0.15) is 11.5 Å². The van der Waals surface area contributed by atoms with E-state index in [4.69, 9.17) is 9.26 Å². The monoisotopic (exact) mass is 314 g/mol. The zero-order valence-electron chi connectivity index (χ0n) is 13.8. The zero-order valence-corrected chi connectivity index (χ0v) is 13.8. The van der Waals surface area contributed by atoms with Crippen LogP contribution in [0, 0.1) is 6.92 Å². The number of carbonyl (C=O) groups is 1. The number of carbonyl (C=O) groups excluding carboxylic acids is 1. The number of likely N-dealkylation sites (tertiary alicyclic amines) is 1. The van der Waals surface area contributed by atoms with Crippen LogP contribution in [0.15, 0.2) is 28.8 Å². The van der Waals surface area contributed by atoms with Gasteiger partial charge in [0.05, 0.1) is 24.4 Å². The van der Waals surface area contributed by atoms with E-state index in [1.165, 1.54) is 0 Å². The topological polar surface area (TPSA) is 55.6 Å². The van der Waals surface area contributed by atoms with E-state index < -0.39 is 0 Å². The molecule has 0 spiro atoms. The molecule has 0 saturated carbocycles. The summed E-state index contributed by atoms with van der Waals surface area (Å²) in [7, 11) is 1.59. The number of aryl methyl sites for hydroxylation is 2. The second kappa shape index (κ2) is 6.44. The summed E-state index contributed by atoms with van der Waals surface area (Å²) in [6.07, 6.45) is 2.71. The fourth-order valence-corrected chi connectivity index (χ4v) is 3.39. The van der Waals surface area contributed by atoms with E-state index in [9.17, 15) is 4.79 Å². The minimum Gasteiger partial charge on any atom is -0.496 e. The number of hydrogen-bond acceptors (Lipinski definition) is 4. The number of hydrogen-bond donors (Lipinski definition) is 0. The van der Waals surface area contributed by atoms with Crippen LogP contribution in [0.3, 0.4) is 0 Å². The molecule has 1 amide bonds. The maximum absolute atomic E-state index is 13.0. The molecule has 5 heteroatoms. The smallest absolute Gasteiger partial charge is 0.258 e. The predicted molar refractivity (Wildman–Crippen MR) is 86.6 cm³/mol. The lowest BCUT2D eigenvalue weighted by atomic mass is 10.0. The molecule has 1 atom stereocenters. The van der Waals surface area contributed by atoms with E-state index in [1.54, 1.807) is 7.11 Å². The Morgan fingerprint density at radius 2 is 2.22 bits per heavy atom. The van der Waals surface area contributed by atoms with Crippen molar-refractivity contribution in [1.29, 1.82) is 0 Å². The van der Waals surface area contributed by atoms with Crippen molar-refractivity contribution in [3.8, 4) is 5.75 Å². The Bertz CT molecular complexity index is 708. The third-order valence-electron chi connectivity index (χ3n) is 4.49. The van der Waals surface area contributed by atoms with Crippen molar-refractivity contribution in [2.45, 2.75) is 39.2 Å². The molecule has 1 fully saturated rings. The van der Waals surface area contributed by atoms with Gasteiger partial charge in [0.15, 0.2) is 0 Å². The summed E-state index contributed by atoms with van der Waals surface area (Å²) in [5, 5.41) is 4.09. The number of rotatable bonds is 4. The average Bonchev–Trinajstić information content (AvgIpc) is 3.19. The number of methoxy groups -OCH3 is 1. The summed E-state index contributed by atoms with van der Waals surface area (Å²) in [6.45, 7) is 4.74. The van der Waals surface area contributed by atoms with Gasteiger partial charge in [0.25, 0.3) is 5.91 Å². The lowest BCUT2D eigenvalue weighted by molar-refractivity contribution is 0.0731. The summed E-state index contributed by atoms with van der Waals surface area (Å²) < 4.78 is 10.8. The first-order valence-corrected chi connectivity index (χ1v) is 8.06. The first-order valence-electron chi connectivity index (χ1n) is 8.06. The van der Waals surface area contributed by atoms with Crippen LogP contribution in [0.1, 0.15) is 53.2 Å². The Balaban J connectivity index is 1.95. The number of benzene rings is 1. The van der Waals surface area contributed by atoms with Crippen molar-refractivity contribution in [3.05, 3.63) is 46.8 Å². The summed E-state index contributed by atoms with van der Waals surface area (Å²) in [6, 6.07) is 7.41. The van der Waals surface area contributed by atoms with Gasteiger partial charge in [-0.2, -0.15) is 0 Å². The molecule has 1 aliphatic heterocycles. The largest absolute Gasteiger partial charge is 0.496 e. The Morgan fingerprint density at radius 1 is 1.43 bits per heavy atom. The Kier molecular flexibility index (Phi) is 4.37. The van der Waals surface area contributed by atoms with Crippen LogP contribution < -0.4 is 4.74 Å². The van der Waals surface area contributed by atoms with Crippen LogP contribution in [-0.2, 0) is 6.42 Å². The molecule has 23 heavy (non-hydrogen) atoms. The van der Waals surface area contributed by atoms with E-state index in [2.05, 4.69) is 5.16 Å². The summed E-state index contributed by atoms with van der Waals surface area (Å²) in [5.41, 5.74) is 2.56. The summed E-state index contributed by atoms with van der Waals surface area (Å²) >= 11 is 0. The number of ether oxygens (including phenoxy) is 1. The summed E-state index contributed by atoms with van der Waals surface area (Å²) in [5.74, 6) is 1.50. The number of aromatic nitrogens is 1. The molecule has 0 N–H and O–H groups in total. The standard InChI is InChI=1S/C18H22N2O3/c1-4-15-17(12(2)19-23-15)14-9-7-11-20(14)18(21)13-8-5-6-10-16(13)22-3/h5-6,8,10,14H,4,7,9,11H2,1-3H3/t14-/m0/s1. The van der Waals surface area contributed by atoms with E-state index in [1.807, 2.05) is 43.0 Å². The minimum atomic E-state index is 0.00704. The third kappa shape index (κ3) is 2.71. The number of nitrogens with zero attached hydrogens (tertiary/aromatic N) is 2. The van der Waals surface area contributed by atoms with Gasteiger partial charge in [0.2, 0.25) is 0 Å². The van der Waals surface area contributed by atoms with Crippen molar-refractivity contribution in [2.75, 3.05) is 13.7 Å². The molecule has 1 aromatic carbocycles. The molecule has 122 valence electrons. The van der Waals surface area contributed by atoms with Gasteiger partial charge in [-0.15, -0.1) is 0 Å². The van der Waals surface area contributed by atoms with Crippen molar-refractivity contribution >= 4 is 5.91 Å². The van der Waals surface area contributed by atoms with Crippen molar-refractivity contribution in [2.24, 2.45) is 0 Å². The van der Waals surface area contributed by atoms with Crippen LogP contribution in [0.4, 0.5) is 0 Å². The van der Waals surface area contributed by atoms with Gasteiger partial charge >= 0.3 is 0 Å². The maximum atomic E-state index is 13.0. The molecule has 1 aromatic heterocycles. The molecule has 1 aliphatic rings. The number of para-hydroxylation sites is 1. The SMILES string of the molecule is CCc1onc(C)c1[C@@H]1CCCN1C(=O)c1ccccc1OC. The highest BCUT2D eigenvalue weighted by atomic mass is 16.5. The van der Waals surface area contributed by atoms with E-state index in [0.29, 0.717) is 11.3 Å². The Hall–Kier alpha value is -2.30. The molecule has 0 bridgehead atoms. The average molecular weight is 314 g/mol. The molecule has 2 heterocycles. The van der Waals surface area contributed by atoms with E-state index in [-0.39, 0.29) is 11.9 Å². The molecule has 1 saturated heterocycles. The normalized spacial score (nSPS) is 17.5. The molecule has 0 radical (unpaired) electrons. The predicted octanol–water partition coefficient (Wildman–Crippen LogP) is 3.53.